The van der Waals surface area contributed by atoms with E-state index in [0.29, 0.717) is 5.56 Å². The molecule has 0 radical (unpaired) electrons. The molecular weight excluding hydrogens is 425 g/mol. The zero-order valence-corrected chi connectivity index (χ0v) is 20.1. The number of halogens is 3. The van der Waals surface area contributed by atoms with Gasteiger partial charge in [0.15, 0.2) is 0 Å². The lowest BCUT2D eigenvalue weighted by Gasteiger charge is -2.20. The second kappa shape index (κ2) is 12.8. The summed E-state index contributed by atoms with van der Waals surface area (Å²) in [4.78, 5) is 12.1. The van der Waals surface area contributed by atoms with Crippen LogP contribution in [0.1, 0.15) is 88.0 Å². The summed E-state index contributed by atoms with van der Waals surface area (Å²) >= 11 is 0. The second-order valence-electron chi connectivity index (χ2n) is 9.67. The molecule has 0 spiro atoms. The predicted octanol–water partition coefficient (Wildman–Crippen LogP) is 8.11. The van der Waals surface area contributed by atoms with Crippen molar-refractivity contribution < 1.29 is 22.7 Å². The molecule has 0 saturated carbocycles. The molecule has 2 aromatic rings. The molecule has 182 valence electrons. The van der Waals surface area contributed by atoms with E-state index in [2.05, 4.69) is 24.3 Å². The third-order valence-corrected chi connectivity index (χ3v) is 5.56. The Kier molecular flexibility index (Phi) is 10.5. The van der Waals surface area contributed by atoms with E-state index < -0.39 is 17.3 Å². The summed E-state index contributed by atoms with van der Waals surface area (Å²) in [6, 6.07) is 14.4. The molecule has 0 amide bonds. The summed E-state index contributed by atoms with van der Waals surface area (Å²) in [5.74, 6) is -0.388. The fourth-order valence-corrected chi connectivity index (χ4v) is 3.90. The minimum atomic E-state index is -4.39. The van der Waals surface area contributed by atoms with E-state index in [1.807, 2.05) is 6.07 Å². The molecule has 0 heterocycles. The zero-order valence-electron chi connectivity index (χ0n) is 20.1. The number of esters is 1. The normalized spacial score (nSPS) is 12.1. The Balaban J connectivity index is 1.80. The molecule has 2 nitrogen and oxygen atoms in total. The Labute approximate surface area is 196 Å². The van der Waals surface area contributed by atoms with Gasteiger partial charge in [0.05, 0.1) is 5.56 Å². The summed E-state index contributed by atoms with van der Waals surface area (Å²) in [5.41, 5.74) is 1.60. The van der Waals surface area contributed by atoms with Crippen LogP contribution in [0.3, 0.4) is 0 Å². The number of rotatable bonds is 12. The van der Waals surface area contributed by atoms with Crippen LogP contribution in [-0.4, -0.2) is 11.6 Å². The van der Waals surface area contributed by atoms with Crippen molar-refractivity contribution >= 4 is 5.97 Å². The lowest BCUT2D eigenvalue weighted by Crippen LogP contribution is -2.24. The van der Waals surface area contributed by atoms with Crippen LogP contribution < -0.4 is 0 Å². The van der Waals surface area contributed by atoms with E-state index in [0.717, 1.165) is 43.7 Å². The van der Waals surface area contributed by atoms with E-state index in [1.54, 1.807) is 26.8 Å². The van der Waals surface area contributed by atoms with Gasteiger partial charge in [-0.15, -0.1) is 0 Å². The number of benzene rings is 2. The number of hydrogen-bond donors (Lipinski definition) is 0. The number of alkyl halides is 3. The maximum atomic E-state index is 13.2. The molecule has 2 aromatic carbocycles. The van der Waals surface area contributed by atoms with Gasteiger partial charge in [-0.05, 0) is 81.7 Å². The fraction of sp³-hybridized carbons (Fsp3) is 0.536. The fourth-order valence-electron chi connectivity index (χ4n) is 3.90. The minimum absolute atomic E-state index is 0.0764. The molecule has 2 rings (SSSR count). The quantitative estimate of drug-likeness (QED) is 0.235. The molecule has 0 atom stereocenters. The van der Waals surface area contributed by atoms with Crippen molar-refractivity contribution in [3.63, 3.8) is 0 Å². The monoisotopic (exact) mass is 462 g/mol. The molecule has 0 aliphatic rings. The van der Waals surface area contributed by atoms with Gasteiger partial charge in [-0.2, -0.15) is 13.2 Å². The second-order valence-corrected chi connectivity index (χ2v) is 9.67. The number of carbonyl (C=O) groups is 1. The van der Waals surface area contributed by atoms with Crippen LogP contribution in [0.2, 0.25) is 0 Å². The highest BCUT2D eigenvalue weighted by Gasteiger charge is 2.31. The van der Waals surface area contributed by atoms with Gasteiger partial charge in [0.25, 0.3) is 0 Å². The van der Waals surface area contributed by atoms with Gasteiger partial charge in [-0.25, -0.2) is 0 Å². The van der Waals surface area contributed by atoms with Crippen LogP contribution in [0.25, 0.3) is 0 Å². The van der Waals surface area contributed by atoms with Gasteiger partial charge in [-0.3, -0.25) is 4.79 Å². The van der Waals surface area contributed by atoms with Crippen molar-refractivity contribution in [2.24, 2.45) is 0 Å². The van der Waals surface area contributed by atoms with Crippen LogP contribution in [-0.2, 0) is 35.0 Å². The highest BCUT2D eigenvalue weighted by atomic mass is 19.4. The topological polar surface area (TPSA) is 26.3 Å². The van der Waals surface area contributed by atoms with Crippen molar-refractivity contribution in [3.05, 3.63) is 70.8 Å². The Morgan fingerprint density at radius 1 is 0.758 bits per heavy atom. The van der Waals surface area contributed by atoms with Crippen molar-refractivity contribution in [2.75, 3.05) is 0 Å². The first-order valence-corrected chi connectivity index (χ1v) is 12.0. The number of aryl methyl sites for hydroxylation is 3. The van der Waals surface area contributed by atoms with Gasteiger partial charge >= 0.3 is 12.1 Å². The summed E-state index contributed by atoms with van der Waals surface area (Å²) in [6.07, 6.45) is 4.43. The van der Waals surface area contributed by atoms with Crippen LogP contribution in [0.4, 0.5) is 13.2 Å². The third kappa shape index (κ3) is 10.9. The van der Waals surface area contributed by atoms with Gasteiger partial charge in [-0.1, -0.05) is 62.1 Å². The molecule has 33 heavy (non-hydrogen) atoms. The van der Waals surface area contributed by atoms with E-state index in [9.17, 15) is 18.0 Å². The van der Waals surface area contributed by atoms with Gasteiger partial charge in [0, 0.05) is 6.42 Å². The molecule has 0 aliphatic carbocycles. The maximum absolute atomic E-state index is 13.2. The van der Waals surface area contributed by atoms with E-state index in [-0.39, 0.29) is 18.8 Å². The zero-order chi connectivity index (χ0) is 24.3. The van der Waals surface area contributed by atoms with E-state index >= 15 is 0 Å². The van der Waals surface area contributed by atoms with E-state index in [4.69, 9.17) is 4.74 Å². The molecule has 0 N–H and O–H groups in total. The number of carbonyl (C=O) groups excluding carboxylic acids is 1. The van der Waals surface area contributed by atoms with Crippen molar-refractivity contribution in [1.82, 2.24) is 0 Å². The smallest absolute Gasteiger partial charge is 0.416 e. The average molecular weight is 463 g/mol. The molecule has 5 heteroatoms. The number of hydrogen-bond acceptors (Lipinski definition) is 2. The molecular formula is C28H37F3O2. The van der Waals surface area contributed by atoms with Crippen molar-refractivity contribution in [1.29, 1.82) is 0 Å². The van der Waals surface area contributed by atoms with Crippen LogP contribution in [0.5, 0.6) is 0 Å². The van der Waals surface area contributed by atoms with Crippen LogP contribution in [0.15, 0.2) is 48.5 Å². The molecule has 0 unspecified atom stereocenters. The summed E-state index contributed by atoms with van der Waals surface area (Å²) < 4.78 is 44.9. The molecule has 0 aliphatic heterocycles. The molecule has 0 fully saturated rings. The SMILES string of the molecule is CC(C)(C)OC(=O)CCc1cc(C(F)(F)F)ccc1CCCCCCCCc1ccccc1. The maximum Gasteiger partial charge on any atom is 0.416 e. The van der Waals surface area contributed by atoms with E-state index in [1.165, 1.54) is 30.9 Å². The molecule has 0 saturated heterocycles. The lowest BCUT2D eigenvalue weighted by atomic mass is 9.95. The third-order valence-electron chi connectivity index (χ3n) is 5.56. The van der Waals surface area contributed by atoms with Gasteiger partial charge in [0.1, 0.15) is 5.60 Å². The number of ether oxygens (including phenoxy) is 1. The molecule has 0 bridgehead atoms. The number of unbranched alkanes of at least 4 members (excludes halogenated alkanes) is 5. The van der Waals surface area contributed by atoms with Gasteiger partial charge in [0.2, 0.25) is 0 Å². The standard InChI is InChI=1S/C28H37F3O2/c1-27(2,3)33-26(32)20-18-24-21-25(28(29,30)31)19-17-23(24)16-12-7-5-4-6-9-13-22-14-10-8-11-15-22/h8,10-11,14-15,17,19,21H,4-7,9,12-13,16,18,20H2,1-3H3. The predicted molar refractivity (Wildman–Crippen MR) is 127 cm³/mol. The lowest BCUT2D eigenvalue weighted by molar-refractivity contribution is -0.154. The Morgan fingerprint density at radius 2 is 1.36 bits per heavy atom. The van der Waals surface area contributed by atoms with Gasteiger partial charge < -0.3 is 4.74 Å². The van der Waals surface area contributed by atoms with Crippen LogP contribution in [0, 0.1) is 0 Å². The van der Waals surface area contributed by atoms with Crippen LogP contribution >= 0.6 is 0 Å². The Bertz CT molecular complexity index is 852. The first-order valence-electron chi connectivity index (χ1n) is 12.0. The summed E-state index contributed by atoms with van der Waals surface area (Å²) in [7, 11) is 0. The first-order chi connectivity index (χ1) is 15.5. The van der Waals surface area contributed by atoms with Crippen molar-refractivity contribution in [3.8, 4) is 0 Å². The molecule has 0 aromatic heterocycles. The minimum Gasteiger partial charge on any atom is -0.460 e. The first kappa shape index (κ1) is 26.9. The highest BCUT2D eigenvalue weighted by molar-refractivity contribution is 5.70. The summed E-state index contributed by atoms with van der Waals surface area (Å²) in [6.45, 7) is 5.34. The summed E-state index contributed by atoms with van der Waals surface area (Å²) in [5, 5.41) is 0. The average Bonchev–Trinajstić information content (AvgIpc) is 2.73. The van der Waals surface area contributed by atoms with Crippen molar-refractivity contribution in [2.45, 2.75) is 96.8 Å². The Hall–Kier alpha value is -2.30. The Morgan fingerprint density at radius 3 is 1.97 bits per heavy atom. The largest absolute Gasteiger partial charge is 0.460 e. The highest BCUT2D eigenvalue weighted by Crippen LogP contribution is 2.31.